The molecule has 3 N–H and O–H groups in total. The van der Waals surface area contributed by atoms with Crippen LogP contribution in [0.25, 0.3) is 11.3 Å². The van der Waals surface area contributed by atoms with Crippen LogP contribution in [0, 0.1) is 12.7 Å². The average molecular weight is 434 g/mol. The number of thiazole rings is 1. The van der Waals surface area contributed by atoms with Gasteiger partial charge in [-0.2, -0.15) is 0 Å². The van der Waals surface area contributed by atoms with Crippen molar-refractivity contribution in [1.82, 2.24) is 4.98 Å². The molecule has 0 bridgehead atoms. The lowest BCUT2D eigenvalue weighted by Crippen LogP contribution is -2.17. The standard InChI is InChI=1S/C19H17BrFN3OS/c1-11-18(12-5-3-2-4-6-12)24-16(26-11)7-8-23-15-10-13(20)9-14(21)17(15)19(22)25/h2-6,9-10,23H,7-8H2,1H3,(H2,22,25). The Labute approximate surface area is 163 Å². The van der Waals surface area contributed by atoms with Crippen LogP contribution < -0.4 is 11.1 Å². The summed E-state index contributed by atoms with van der Waals surface area (Å²) in [5.74, 6) is -1.44. The summed E-state index contributed by atoms with van der Waals surface area (Å²) in [6, 6.07) is 12.9. The first-order valence-electron chi connectivity index (χ1n) is 8.00. The Hall–Kier alpha value is -2.25. The highest BCUT2D eigenvalue weighted by molar-refractivity contribution is 9.10. The van der Waals surface area contributed by atoms with E-state index in [1.807, 2.05) is 37.3 Å². The minimum Gasteiger partial charge on any atom is -0.384 e. The van der Waals surface area contributed by atoms with Gasteiger partial charge in [0.2, 0.25) is 0 Å². The van der Waals surface area contributed by atoms with E-state index in [0.717, 1.165) is 21.1 Å². The molecule has 3 aromatic rings. The van der Waals surface area contributed by atoms with Gasteiger partial charge in [0.05, 0.1) is 22.0 Å². The molecule has 7 heteroatoms. The van der Waals surface area contributed by atoms with Gasteiger partial charge in [0.25, 0.3) is 5.91 Å². The van der Waals surface area contributed by atoms with Gasteiger partial charge in [-0.1, -0.05) is 46.3 Å². The zero-order chi connectivity index (χ0) is 18.7. The molecule has 2 aromatic carbocycles. The number of aryl methyl sites for hydroxylation is 1. The number of hydrogen-bond donors (Lipinski definition) is 2. The highest BCUT2D eigenvalue weighted by Crippen LogP contribution is 2.28. The van der Waals surface area contributed by atoms with Crippen LogP contribution in [0.1, 0.15) is 20.2 Å². The third kappa shape index (κ3) is 4.11. The maximum absolute atomic E-state index is 14.0. The summed E-state index contributed by atoms with van der Waals surface area (Å²) in [6.07, 6.45) is 0.657. The van der Waals surface area contributed by atoms with E-state index in [0.29, 0.717) is 23.1 Å². The number of nitrogens with two attached hydrogens (primary N) is 1. The van der Waals surface area contributed by atoms with Crippen molar-refractivity contribution in [3.63, 3.8) is 0 Å². The molecular weight excluding hydrogens is 417 g/mol. The quantitative estimate of drug-likeness (QED) is 0.587. The molecule has 0 fully saturated rings. The zero-order valence-corrected chi connectivity index (χ0v) is 16.5. The fourth-order valence-electron chi connectivity index (χ4n) is 2.69. The lowest BCUT2D eigenvalue weighted by Gasteiger charge is -2.11. The number of primary amides is 1. The highest BCUT2D eigenvalue weighted by atomic mass is 79.9. The van der Waals surface area contributed by atoms with Crippen molar-refractivity contribution < 1.29 is 9.18 Å². The van der Waals surface area contributed by atoms with Crippen molar-refractivity contribution in [3.05, 3.63) is 68.2 Å². The van der Waals surface area contributed by atoms with E-state index in [1.165, 1.54) is 6.07 Å². The minimum atomic E-state index is -0.797. The molecule has 1 aromatic heterocycles. The van der Waals surface area contributed by atoms with Crippen LogP contribution in [0.5, 0.6) is 0 Å². The molecule has 4 nitrogen and oxygen atoms in total. The molecule has 0 atom stereocenters. The number of amides is 1. The van der Waals surface area contributed by atoms with Crippen LogP contribution in [0.2, 0.25) is 0 Å². The predicted octanol–water partition coefficient (Wildman–Crippen LogP) is 4.77. The predicted molar refractivity (Wildman–Crippen MR) is 107 cm³/mol. The molecule has 0 radical (unpaired) electrons. The number of hydrogen-bond acceptors (Lipinski definition) is 4. The van der Waals surface area contributed by atoms with E-state index in [2.05, 4.69) is 21.2 Å². The van der Waals surface area contributed by atoms with Crippen LogP contribution in [-0.4, -0.2) is 17.4 Å². The monoisotopic (exact) mass is 433 g/mol. The smallest absolute Gasteiger partial charge is 0.253 e. The summed E-state index contributed by atoms with van der Waals surface area (Å²) in [5, 5.41) is 4.07. The lowest BCUT2D eigenvalue weighted by molar-refractivity contribution is 0.0997. The SMILES string of the molecule is Cc1sc(CCNc2cc(Br)cc(F)c2C(N)=O)nc1-c1ccccc1. The second kappa shape index (κ2) is 7.97. The summed E-state index contributed by atoms with van der Waals surface area (Å²) in [5.41, 5.74) is 7.61. The van der Waals surface area contributed by atoms with Crippen molar-refractivity contribution in [3.8, 4) is 11.3 Å². The van der Waals surface area contributed by atoms with E-state index in [9.17, 15) is 9.18 Å². The van der Waals surface area contributed by atoms with Gasteiger partial charge in [-0.25, -0.2) is 9.37 Å². The second-order valence-corrected chi connectivity index (χ2v) is 7.93. The Balaban J connectivity index is 1.73. The van der Waals surface area contributed by atoms with Crippen molar-refractivity contribution in [2.24, 2.45) is 5.73 Å². The molecule has 0 aliphatic carbocycles. The number of nitrogens with zero attached hydrogens (tertiary/aromatic N) is 1. The number of carbonyl (C=O) groups excluding carboxylic acids is 1. The molecule has 0 spiro atoms. The van der Waals surface area contributed by atoms with Gasteiger partial charge in [-0.3, -0.25) is 4.79 Å². The first-order chi connectivity index (χ1) is 12.5. The number of anilines is 1. The van der Waals surface area contributed by atoms with Crippen molar-refractivity contribution in [2.45, 2.75) is 13.3 Å². The number of nitrogens with one attached hydrogen (secondary N) is 1. The molecule has 0 aliphatic rings. The second-order valence-electron chi connectivity index (χ2n) is 5.73. The van der Waals surface area contributed by atoms with E-state index >= 15 is 0 Å². The summed E-state index contributed by atoms with van der Waals surface area (Å²) >= 11 is 4.86. The molecule has 0 saturated carbocycles. The topological polar surface area (TPSA) is 68.0 Å². The van der Waals surface area contributed by atoms with Crippen LogP contribution in [0.4, 0.5) is 10.1 Å². The maximum atomic E-state index is 14.0. The van der Waals surface area contributed by atoms with Crippen LogP contribution in [0.15, 0.2) is 46.9 Å². The fraction of sp³-hybridized carbons (Fsp3) is 0.158. The maximum Gasteiger partial charge on any atom is 0.253 e. The minimum absolute atomic E-state index is 0.131. The molecule has 1 amide bonds. The van der Waals surface area contributed by atoms with Crippen molar-refractivity contribution >= 4 is 38.9 Å². The van der Waals surface area contributed by atoms with Crippen molar-refractivity contribution in [1.29, 1.82) is 0 Å². The van der Waals surface area contributed by atoms with Crippen molar-refractivity contribution in [2.75, 3.05) is 11.9 Å². The fourth-order valence-corrected chi connectivity index (χ4v) is 4.07. The molecule has 0 saturated heterocycles. The van der Waals surface area contributed by atoms with E-state index in [4.69, 9.17) is 10.7 Å². The van der Waals surface area contributed by atoms with E-state index in [1.54, 1.807) is 17.4 Å². The Morgan fingerprint density at radius 2 is 2.04 bits per heavy atom. The number of aromatic nitrogens is 1. The first-order valence-corrected chi connectivity index (χ1v) is 9.61. The average Bonchev–Trinajstić information content (AvgIpc) is 2.95. The Morgan fingerprint density at radius 1 is 1.31 bits per heavy atom. The summed E-state index contributed by atoms with van der Waals surface area (Å²) < 4.78 is 14.5. The summed E-state index contributed by atoms with van der Waals surface area (Å²) in [6.45, 7) is 2.56. The number of benzene rings is 2. The van der Waals surface area contributed by atoms with Gasteiger partial charge in [-0.15, -0.1) is 11.3 Å². The van der Waals surface area contributed by atoms with E-state index < -0.39 is 11.7 Å². The molecule has 0 unspecified atom stereocenters. The number of carbonyl (C=O) groups is 1. The van der Waals surface area contributed by atoms with Gasteiger partial charge in [0.1, 0.15) is 5.82 Å². The van der Waals surface area contributed by atoms with Crippen LogP contribution >= 0.6 is 27.3 Å². The third-order valence-corrected chi connectivity index (χ3v) is 5.33. The molecule has 0 aliphatic heterocycles. The molecule has 1 heterocycles. The van der Waals surface area contributed by atoms with Gasteiger partial charge in [-0.05, 0) is 19.1 Å². The highest BCUT2D eigenvalue weighted by Gasteiger charge is 2.16. The molecule has 26 heavy (non-hydrogen) atoms. The third-order valence-electron chi connectivity index (χ3n) is 3.84. The largest absolute Gasteiger partial charge is 0.384 e. The molecule has 3 rings (SSSR count). The first kappa shape index (κ1) is 18.5. The van der Waals surface area contributed by atoms with E-state index in [-0.39, 0.29) is 5.56 Å². The van der Waals surface area contributed by atoms with Gasteiger partial charge in [0, 0.05) is 27.9 Å². The number of rotatable bonds is 6. The van der Waals surface area contributed by atoms with Crippen LogP contribution in [0.3, 0.4) is 0 Å². The molecular formula is C19H17BrFN3OS. The zero-order valence-electron chi connectivity index (χ0n) is 14.1. The van der Waals surface area contributed by atoms with Crippen LogP contribution in [-0.2, 0) is 6.42 Å². The summed E-state index contributed by atoms with van der Waals surface area (Å²) in [7, 11) is 0. The van der Waals surface area contributed by atoms with Gasteiger partial charge >= 0.3 is 0 Å². The van der Waals surface area contributed by atoms with Gasteiger partial charge in [0.15, 0.2) is 0 Å². The Bertz CT molecular complexity index is 943. The Morgan fingerprint density at radius 3 is 2.73 bits per heavy atom. The Kier molecular flexibility index (Phi) is 5.68. The number of halogens is 2. The van der Waals surface area contributed by atoms with Gasteiger partial charge < -0.3 is 11.1 Å². The lowest BCUT2D eigenvalue weighted by atomic mass is 10.1. The molecule has 134 valence electrons. The summed E-state index contributed by atoms with van der Waals surface area (Å²) in [4.78, 5) is 17.4. The normalized spacial score (nSPS) is 10.7.